The Morgan fingerprint density at radius 3 is 2.50 bits per heavy atom. The molecule has 0 spiro atoms. The summed E-state index contributed by atoms with van der Waals surface area (Å²) in [6, 6.07) is 22.8. The fourth-order valence-corrected chi connectivity index (χ4v) is 5.26. The number of hydrogen-bond donors (Lipinski definition) is 0. The molecule has 0 radical (unpaired) electrons. The number of benzene rings is 2. The zero-order valence-electron chi connectivity index (χ0n) is 20.8. The van der Waals surface area contributed by atoms with Crippen LogP contribution in [0.4, 0.5) is 0 Å². The Hall–Kier alpha value is -3.15. The molecular weight excluding hydrogens is 470 g/mol. The summed E-state index contributed by atoms with van der Waals surface area (Å²) < 4.78 is 7.47. The van der Waals surface area contributed by atoms with Crippen LogP contribution in [0.2, 0.25) is 5.02 Å². The van der Waals surface area contributed by atoms with Crippen LogP contribution in [0.15, 0.2) is 66.7 Å². The van der Waals surface area contributed by atoms with Gasteiger partial charge in [-0.2, -0.15) is 5.10 Å². The van der Waals surface area contributed by atoms with Gasteiger partial charge < -0.3 is 9.64 Å². The van der Waals surface area contributed by atoms with Crippen LogP contribution >= 0.6 is 11.6 Å². The van der Waals surface area contributed by atoms with Gasteiger partial charge >= 0.3 is 0 Å². The van der Waals surface area contributed by atoms with Gasteiger partial charge in [0.15, 0.2) is 0 Å². The molecule has 1 aliphatic heterocycles. The van der Waals surface area contributed by atoms with Crippen LogP contribution in [-0.2, 0) is 22.4 Å². The van der Waals surface area contributed by atoms with Crippen molar-refractivity contribution in [3.05, 3.63) is 83.0 Å². The fourth-order valence-electron chi connectivity index (χ4n) is 5.07. The van der Waals surface area contributed by atoms with Crippen LogP contribution in [0.3, 0.4) is 0 Å². The van der Waals surface area contributed by atoms with Crippen molar-refractivity contribution in [1.82, 2.24) is 14.5 Å². The van der Waals surface area contributed by atoms with Gasteiger partial charge in [0.2, 0.25) is 5.91 Å². The van der Waals surface area contributed by atoms with Crippen LogP contribution in [0.5, 0.6) is 0 Å². The Bertz CT molecular complexity index is 1340. The van der Waals surface area contributed by atoms with Crippen LogP contribution in [-0.4, -0.2) is 46.7 Å². The number of carbonyl (C=O) groups is 1. The number of amides is 1. The molecule has 3 heterocycles. The summed E-state index contributed by atoms with van der Waals surface area (Å²) in [5.41, 5.74) is 7.82. The standard InChI is InChI=1S/C30H32ClN3O2/c1-2-25-15-16-27-29(23-11-8-12-24(31)21-23)26(30(32-34(25)27)22-9-4-3-5-10-22)13-6-7-14-28(35)33-17-19-36-20-18-33/h3-5,8-12,15-16,21H,2,6-7,13-14,17-20H2,1H3. The normalized spacial score (nSPS) is 13.9. The molecule has 4 aromatic rings. The van der Waals surface area contributed by atoms with E-state index < -0.39 is 0 Å². The Balaban J connectivity index is 1.53. The molecule has 0 N–H and O–H groups in total. The maximum atomic E-state index is 12.7. The van der Waals surface area contributed by atoms with Crippen LogP contribution in [0.1, 0.15) is 37.4 Å². The second-order valence-corrected chi connectivity index (χ2v) is 9.69. The van der Waals surface area contributed by atoms with Crippen molar-refractivity contribution < 1.29 is 9.53 Å². The summed E-state index contributed by atoms with van der Waals surface area (Å²) >= 11 is 6.45. The Morgan fingerprint density at radius 1 is 0.972 bits per heavy atom. The second kappa shape index (κ2) is 11.3. The highest BCUT2D eigenvalue weighted by Gasteiger charge is 2.21. The number of hydrogen-bond acceptors (Lipinski definition) is 3. The van der Waals surface area contributed by atoms with Crippen molar-refractivity contribution in [1.29, 1.82) is 0 Å². The van der Waals surface area contributed by atoms with Crippen LogP contribution in [0.25, 0.3) is 27.9 Å². The highest BCUT2D eigenvalue weighted by atomic mass is 35.5. The minimum Gasteiger partial charge on any atom is -0.378 e. The maximum absolute atomic E-state index is 12.7. The fraction of sp³-hybridized carbons (Fsp3) is 0.333. The van der Waals surface area contributed by atoms with Gasteiger partial charge in [0, 0.05) is 41.4 Å². The monoisotopic (exact) mass is 501 g/mol. The van der Waals surface area contributed by atoms with E-state index in [1.54, 1.807) is 0 Å². The quantitative estimate of drug-likeness (QED) is 0.260. The zero-order valence-corrected chi connectivity index (χ0v) is 21.5. The number of unbranched alkanes of at least 4 members (excludes halogenated alkanes) is 1. The first kappa shape index (κ1) is 24.5. The van der Waals surface area contributed by atoms with E-state index in [-0.39, 0.29) is 5.91 Å². The van der Waals surface area contributed by atoms with Crippen LogP contribution < -0.4 is 0 Å². The van der Waals surface area contributed by atoms with Gasteiger partial charge in [-0.1, -0.05) is 61.0 Å². The molecule has 2 aromatic carbocycles. The number of aromatic nitrogens is 2. The van der Waals surface area contributed by atoms with E-state index in [4.69, 9.17) is 21.4 Å². The topological polar surface area (TPSA) is 46.8 Å². The molecule has 2 aromatic heterocycles. The van der Waals surface area contributed by atoms with E-state index >= 15 is 0 Å². The molecule has 1 saturated heterocycles. The molecule has 1 fully saturated rings. The van der Waals surface area contributed by atoms with E-state index in [1.165, 1.54) is 16.8 Å². The molecule has 0 unspecified atom stereocenters. The van der Waals surface area contributed by atoms with Crippen molar-refractivity contribution in [2.45, 2.75) is 39.0 Å². The first-order valence-electron chi connectivity index (χ1n) is 12.9. The summed E-state index contributed by atoms with van der Waals surface area (Å²) in [5.74, 6) is 0.226. The number of rotatable bonds is 8. The Labute approximate surface area is 217 Å². The largest absolute Gasteiger partial charge is 0.378 e. The zero-order chi connectivity index (χ0) is 24.9. The minimum absolute atomic E-state index is 0.226. The van der Waals surface area contributed by atoms with Crippen molar-refractivity contribution in [3.63, 3.8) is 0 Å². The third-order valence-corrected chi connectivity index (χ3v) is 7.17. The predicted octanol–water partition coefficient (Wildman–Crippen LogP) is 6.46. The number of nitrogens with zero attached hydrogens (tertiary/aromatic N) is 3. The van der Waals surface area contributed by atoms with Crippen molar-refractivity contribution >= 4 is 23.0 Å². The average Bonchev–Trinajstić information content (AvgIpc) is 3.34. The van der Waals surface area contributed by atoms with Crippen molar-refractivity contribution in [3.8, 4) is 22.4 Å². The summed E-state index contributed by atoms with van der Waals surface area (Å²) in [7, 11) is 0. The highest BCUT2D eigenvalue weighted by molar-refractivity contribution is 6.30. The SMILES string of the molecule is CCc1ccc2c(-c3cccc(Cl)c3)c(CCCCC(=O)N3CCOCC3)c(-c3ccccc3)nn12. The van der Waals surface area contributed by atoms with Gasteiger partial charge in [0.25, 0.3) is 0 Å². The summed E-state index contributed by atoms with van der Waals surface area (Å²) in [6.07, 6.45) is 4.04. The van der Waals surface area contributed by atoms with E-state index in [2.05, 4.69) is 53.9 Å². The summed E-state index contributed by atoms with van der Waals surface area (Å²) in [5, 5.41) is 5.88. The molecule has 36 heavy (non-hydrogen) atoms. The minimum atomic E-state index is 0.226. The van der Waals surface area contributed by atoms with Gasteiger partial charge in [-0.3, -0.25) is 4.79 Å². The molecule has 0 bridgehead atoms. The lowest BCUT2D eigenvalue weighted by Gasteiger charge is -2.26. The van der Waals surface area contributed by atoms with Gasteiger partial charge in [0.1, 0.15) is 0 Å². The molecule has 5 nitrogen and oxygen atoms in total. The van der Waals surface area contributed by atoms with Gasteiger partial charge in [0.05, 0.1) is 24.4 Å². The smallest absolute Gasteiger partial charge is 0.222 e. The molecule has 0 atom stereocenters. The molecule has 1 aliphatic rings. The lowest BCUT2D eigenvalue weighted by Crippen LogP contribution is -2.40. The number of halogens is 1. The number of morpholine rings is 1. The first-order chi connectivity index (χ1) is 17.7. The molecule has 0 aliphatic carbocycles. The number of fused-ring (bicyclic) bond motifs is 1. The predicted molar refractivity (Wildman–Crippen MR) is 145 cm³/mol. The Kier molecular flexibility index (Phi) is 7.69. The summed E-state index contributed by atoms with van der Waals surface area (Å²) in [4.78, 5) is 14.6. The van der Waals surface area contributed by atoms with E-state index in [0.29, 0.717) is 37.7 Å². The highest BCUT2D eigenvalue weighted by Crippen LogP contribution is 2.37. The third-order valence-electron chi connectivity index (χ3n) is 6.93. The van der Waals surface area contributed by atoms with E-state index in [0.717, 1.165) is 48.0 Å². The lowest BCUT2D eigenvalue weighted by molar-refractivity contribution is -0.135. The molecule has 0 saturated carbocycles. The molecule has 6 heteroatoms. The Morgan fingerprint density at radius 2 is 1.75 bits per heavy atom. The maximum Gasteiger partial charge on any atom is 0.222 e. The second-order valence-electron chi connectivity index (χ2n) is 9.25. The van der Waals surface area contributed by atoms with Crippen LogP contribution in [0, 0.1) is 0 Å². The molecular formula is C30H32ClN3O2. The van der Waals surface area contributed by atoms with Gasteiger partial charge in [-0.05, 0) is 61.1 Å². The van der Waals surface area contributed by atoms with E-state index in [1.807, 2.05) is 29.2 Å². The van der Waals surface area contributed by atoms with Crippen molar-refractivity contribution in [2.24, 2.45) is 0 Å². The summed E-state index contributed by atoms with van der Waals surface area (Å²) in [6.45, 7) is 4.83. The average molecular weight is 502 g/mol. The molecule has 5 rings (SSSR count). The van der Waals surface area contributed by atoms with E-state index in [9.17, 15) is 4.79 Å². The molecule has 186 valence electrons. The van der Waals surface area contributed by atoms with Crippen molar-refractivity contribution in [2.75, 3.05) is 26.3 Å². The number of ether oxygens (including phenoxy) is 1. The molecule has 1 amide bonds. The third kappa shape index (κ3) is 5.18. The number of carbonyl (C=O) groups excluding carboxylic acids is 1. The number of aryl methyl sites for hydroxylation is 1. The first-order valence-corrected chi connectivity index (χ1v) is 13.2. The van der Waals surface area contributed by atoms with Gasteiger partial charge in [-0.15, -0.1) is 0 Å². The van der Waals surface area contributed by atoms with Gasteiger partial charge in [-0.25, -0.2) is 4.52 Å². The lowest BCUT2D eigenvalue weighted by atomic mass is 9.92.